The molecule has 0 saturated carbocycles. The van der Waals surface area contributed by atoms with Crippen LogP contribution in [-0.2, 0) is 11.3 Å². The minimum Gasteiger partial charge on any atom is -0.454 e. The fourth-order valence-corrected chi connectivity index (χ4v) is 1.32. The summed E-state index contributed by atoms with van der Waals surface area (Å²) in [6, 6.07) is 5.79. The molecular weight excluding hydrogens is 192 g/mol. The van der Waals surface area contributed by atoms with E-state index in [1.807, 2.05) is 18.2 Å². The van der Waals surface area contributed by atoms with Crippen molar-refractivity contribution in [2.45, 2.75) is 13.5 Å². The van der Waals surface area contributed by atoms with Crippen molar-refractivity contribution in [3.63, 3.8) is 0 Å². The van der Waals surface area contributed by atoms with Gasteiger partial charge in [-0.1, -0.05) is 12.0 Å². The van der Waals surface area contributed by atoms with Gasteiger partial charge in [-0.05, 0) is 24.6 Å². The first-order valence-corrected chi connectivity index (χ1v) is 4.76. The van der Waals surface area contributed by atoms with Gasteiger partial charge < -0.3 is 14.2 Å². The second kappa shape index (κ2) is 4.72. The second-order valence-electron chi connectivity index (χ2n) is 3.11. The van der Waals surface area contributed by atoms with Crippen molar-refractivity contribution in [3.8, 4) is 23.3 Å². The Morgan fingerprint density at radius 2 is 2.20 bits per heavy atom. The molecule has 0 amide bonds. The largest absolute Gasteiger partial charge is 0.454 e. The molecule has 0 aromatic heterocycles. The van der Waals surface area contributed by atoms with Crippen molar-refractivity contribution in [1.29, 1.82) is 0 Å². The van der Waals surface area contributed by atoms with Gasteiger partial charge in [-0.25, -0.2) is 0 Å². The molecule has 0 spiro atoms. The van der Waals surface area contributed by atoms with E-state index in [4.69, 9.17) is 14.2 Å². The summed E-state index contributed by atoms with van der Waals surface area (Å²) in [5, 5.41) is 0. The van der Waals surface area contributed by atoms with Crippen LogP contribution in [0.15, 0.2) is 18.2 Å². The SMILES string of the molecule is CC#CCOCc1ccc2c(c1)OCO2. The number of hydrogen-bond donors (Lipinski definition) is 0. The van der Waals surface area contributed by atoms with Crippen LogP contribution < -0.4 is 9.47 Å². The fraction of sp³-hybridized carbons (Fsp3) is 0.333. The van der Waals surface area contributed by atoms with Crippen molar-refractivity contribution >= 4 is 0 Å². The Labute approximate surface area is 89.0 Å². The zero-order chi connectivity index (χ0) is 10.5. The van der Waals surface area contributed by atoms with E-state index in [0.29, 0.717) is 20.0 Å². The second-order valence-corrected chi connectivity index (χ2v) is 3.11. The highest BCUT2D eigenvalue weighted by molar-refractivity contribution is 5.44. The zero-order valence-electron chi connectivity index (χ0n) is 8.58. The summed E-state index contributed by atoms with van der Waals surface area (Å²) in [4.78, 5) is 0. The average molecular weight is 204 g/mol. The third-order valence-electron chi connectivity index (χ3n) is 2.06. The molecule has 3 heteroatoms. The topological polar surface area (TPSA) is 27.7 Å². The van der Waals surface area contributed by atoms with E-state index in [-0.39, 0.29) is 0 Å². The average Bonchev–Trinajstić information content (AvgIpc) is 2.71. The molecule has 3 nitrogen and oxygen atoms in total. The molecule has 78 valence electrons. The summed E-state index contributed by atoms with van der Waals surface area (Å²) in [6.07, 6.45) is 0. The molecule has 0 atom stereocenters. The third-order valence-corrected chi connectivity index (χ3v) is 2.06. The van der Waals surface area contributed by atoms with Crippen LogP contribution >= 0.6 is 0 Å². The van der Waals surface area contributed by atoms with Crippen molar-refractivity contribution in [1.82, 2.24) is 0 Å². The van der Waals surface area contributed by atoms with Crippen LogP contribution in [0, 0.1) is 11.8 Å². The predicted molar refractivity (Wildman–Crippen MR) is 55.7 cm³/mol. The minimum absolute atomic E-state index is 0.307. The molecule has 0 radical (unpaired) electrons. The molecule has 1 aliphatic heterocycles. The van der Waals surface area contributed by atoms with Gasteiger partial charge in [0.05, 0.1) is 6.61 Å². The van der Waals surface area contributed by atoms with Gasteiger partial charge in [0.1, 0.15) is 6.61 Å². The highest BCUT2D eigenvalue weighted by atomic mass is 16.7. The molecule has 1 aromatic rings. The smallest absolute Gasteiger partial charge is 0.231 e. The summed E-state index contributed by atoms with van der Waals surface area (Å²) in [5.74, 6) is 7.21. The first kappa shape index (κ1) is 9.88. The van der Waals surface area contributed by atoms with Crippen molar-refractivity contribution in [2.24, 2.45) is 0 Å². The maximum Gasteiger partial charge on any atom is 0.231 e. The molecule has 15 heavy (non-hydrogen) atoms. The quantitative estimate of drug-likeness (QED) is 0.556. The molecule has 0 N–H and O–H groups in total. The molecule has 0 fully saturated rings. The van der Waals surface area contributed by atoms with Crippen LogP contribution in [0.3, 0.4) is 0 Å². The van der Waals surface area contributed by atoms with Gasteiger partial charge in [-0.2, -0.15) is 0 Å². The molecule has 0 bridgehead atoms. The number of benzene rings is 1. The summed E-state index contributed by atoms with van der Waals surface area (Å²) in [5.41, 5.74) is 1.07. The Morgan fingerprint density at radius 3 is 3.07 bits per heavy atom. The van der Waals surface area contributed by atoms with E-state index in [1.165, 1.54) is 0 Å². The molecular formula is C12H12O3. The Kier molecular flexibility index (Phi) is 3.11. The highest BCUT2D eigenvalue weighted by Crippen LogP contribution is 2.32. The van der Waals surface area contributed by atoms with Gasteiger partial charge in [0.25, 0.3) is 0 Å². The van der Waals surface area contributed by atoms with Gasteiger partial charge in [0.2, 0.25) is 6.79 Å². The third kappa shape index (κ3) is 2.42. The Hall–Kier alpha value is -1.66. The maximum absolute atomic E-state index is 5.35. The Bertz CT molecular complexity index is 401. The summed E-state index contributed by atoms with van der Waals surface area (Å²) >= 11 is 0. The van der Waals surface area contributed by atoms with E-state index < -0.39 is 0 Å². The standard InChI is InChI=1S/C12H12O3/c1-2-3-6-13-8-10-4-5-11-12(7-10)15-9-14-11/h4-5,7H,6,8-9H2,1H3. The van der Waals surface area contributed by atoms with Crippen molar-refractivity contribution < 1.29 is 14.2 Å². The van der Waals surface area contributed by atoms with Gasteiger partial charge in [-0.15, -0.1) is 5.92 Å². The molecule has 1 heterocycles. The van der Waals surface area contributed by atoms with Crippen molar-refractivity contribution in [3.05, 3.63) is 23.8 Å². The van der Waals surface area contributed by atoms with Crippen LogP contribution in [0.4, 0.5) is 0 Å². The van der Waals surface area contributed by atoms with Crippen LogP contribution in [0.2, 0.25) is 0 Å². The number of rotatable bonds is 3. The van der Waals surface area contributed by atoms with Gasteiger partial charge >= 0.3 is 0 Å². The monoisotopic (exact) mass is 204 g/mol. The first-order valence-electron chi connectivity index (χ1n) is 4.76. The normalized spacial score (nSPS) is 12.1. The van der Waals surface area contributed by atoms with E-state index in [1.54, 1.807) is 6.92 Å². The first-order chi connectivity index (χ1) is 7.40. The fourth-order valence-electron chi connectivity index (χ4n) is 1.32. The number of hydrogen-bond acceptors (Lipinski definition) is 3. The van der Waals surface area contributed by atoms with Crippen LogP contribution in [0.25, 0.3) is 0 Å². The molecule has 0 unspecified atom stereocenters. The number of fused-ring (bicyclic) bond motifs is 1. The van der Waals surface area contributed by atoms with E-state index in [9.17, 15) is 0 Å². The van der Waals surface area contributed by atoms with Crippen LogP contribution in [0.1, 0.15) is 12.5 Å². The predicted octanol–water partition coefficient (Wildman–Crippen LogP) is 1.96. The lowest BCUT2D eigenvalue weighted by Gasteiger charge is -2.02. The van der Waals surface area contributed by atoms with Crippen LogP contribution in [-0.4, -0.2) is 13.4 Å². The lowest BCUT2D eigenvalue weighted by Crippen LogP contribution is -1.93. The summed E-state index contributed by atoms with van der Waals surface area (Å²) in [7, 11) is 0. The van der Waals surface area contributed by atoms with E-state index >= 15 is 0 Å². The molecule has 1 aliphatic rings. The molecule has 0 saturated heterocycles. The Balaban J connectivity index is 1.94. The lowest BCUT2D eigenvalue weighted by atomic mass is 10.2. The van der Waals surface area contributed by atoms with Gasteiger partial charge in [-0.3, -0.25) is 0 Å². The zero-order valence-corrected chi connectivity index (χ0v) is 8.58. The number of ether oxygens (including phenoxy) is 3. The molecule has 0 aliphatic carbocycles. The maximum atomic E-state index is 5.35. The Morgan fingerprint density at radius 1 is 1.33 bits per heavy atom. The molecule has 2 rings (SSSR count). The van der Waals surface area contributed by atoms with Gasteiger partial charge in [0, 0.05) is 0 Å². The van der Waals surface area contributed by atoms with Crippen molar-refractivity contribution in [2.75, 3.05) is 13.4 Å². The van der Waals surface area contributed by atoms with E-state index in [2.05, 4.69) is 11.8 Å². The summed E-state index contributed by atoms with van der Waals surface area (Å²) < 4.78 is 15.8. The minimum atomic E-state index is 0.307. The lowest BCUT2D eigenvalue weighted by molar-refractivity contribution is 0.153. The summed E-state index contributed by atoms with van der Waals surface area (Å²) in [6.45, 7) is 3.11. The van der Waals surface area contributed by atoms with E-state index in [0.717, 1.165) is 17.1 Å². The molecule has 1 aromatic carbocycles. The highest BCUT2D eigenvalue weighted by Gasteiger charge is 2.12. The van der Waals surface area contributed by atoms with Crippen LogP contribution in [0.5, 0.6) is 11.5 Å². The van der Waals surface area contributed by atoms with Gasteiger partial charge in [0.15, 0.2) is 11.5 Å².